The lowest BCUT2D eigenvalue weighted by Crippen LogP contribution is -2.18. The van der Waals surface area contributed by atoms with E-state index < -0.39 is 6.10 Å². The van der Waals surface area contributed by atoms with Crippen LogP contribution in [0, 0.1) is 6.92 Å². The van der Waals surface area contributed by atoms with Crippen molar-refractivity contribution in [3.63, 3.8) is 0 Å². The van der Waals surface area contributed by atoms with Crippen LogP contribution in [0.15, 0.2) is 48.5 Å². The highest BCUT2D eigenvalue weighted by Crippen LogP contribution is 2.28. The molecular weight excluding hydrogens is 246 g/mol. The normalized spacial score (nSPS) is 12.2. The minimum Gasteiger partial charge on any atom is -0.388 e. The van der Waals surface area contributed by atoms with Gasteiger partial charge in [0.15, 0.2) is 0 Å². The molecule has 0 saturated carbocycles. The SMILES string of the molecule is CCC(O)c1ccccc1N(C)Cc1ccc(C)cc1. The molecule has 0 aliphatic carbocycles. The van der Waals surface area contributed by atoms with Gasteiger partial charge >= 0.3 is 0 Å². The van der Waals surface area contributed by atoms with E-state index in [1.807, 2.05) is 25.1 Å². The van der Waals surface area contributed by atoms with Crippen LogP contribution in [0.2, 0.25) is 0 Å². The Morgan fingerprint density at radius 2 is 1.70 bits per heavy atom. The molecule has 0 heterocycles. The molecule has 2 heteroatoms. The first kappa shape index (κ1) is 14.6. The molecule has 1 unspecified atom stereocenters. The molecule has 1 N–H and O–H groups in total. The van der Waals surface area contributed by atoms with Crippen molar-refractivity contribution in [2.24, 2.45) is 0 Å². The lowest BCUT2D eigenvalue weighted by Gasteiger charge is -2.24. The molecule has 0 aromatic heterocycles. The minimum absolute atomic E-state index is 0.397. The third-order valence-corrected chi connectivity index (χ3v) is 3.63. The number of nitrogens with zero attached hydrogens (tertiary/aromatic N) is 1. The molecule has 2 rings (SSSR count). The van der Waals surface area contributed by atoms with E-state index >= 15 is 0 Å². The van der Waals surface area contributed by atoms with Crippen molar-refractivity contribution in [1.82, 2.24) is 0 Å². The second kappa shape index (κ2) is 6.58. The van der Waals surface area contributed by atoms with Gasteiger partial charge in [0.25, 0.3) is 0 Å². The van der Waals surface area contributed by atoms with Gasteiger partial charge in [0.1, 0.15) is 0 Å². The first-order chi connectivity index (χ1) is 9.61. The third kappa shape index (κ3) is 3.40. The van der Waals surface area contributed by atoms with Gasteiger partial charge in [-0.15, -0.1) is 0 Å². The van der Waals surface area contributed by atoms with Gasteiger partial charge in [-0.3, -0.25) is 0 Å². The number of aryl methyl sites for hydroxylation is 1. The standard InChI is InChI=1S/C18H23NO/c1-4-18(20)16-7-5-6-8-17(16)19(3)13-15-11-9-14(2)10-12-15/h5-12,18,20H,4,13H2,1-3H3. The first-order valence-electron chi connectivity index (χ1n) is 7.15. The zero-order valence-electron chi connectivity index (χ0n) is 12.5. The Hall–Kier alpha value is -1.80. The summed E-state index contributed by atoms with van der Waals surface area (Å²) in [5, 5.41) is 10.1. The summed E-state index contributed by atoms with van der Waals surface area (Å²) in [6, 6.07) is 16.7. The maximum absolute atomic E-state index is 10.1. The summed E-state index contributed by atoms with van der Waals surface area (Å²) >= 11 is 0. The zero-order chi connectivity index (χ0) is 14.5. The Labute approximate surface area is 121 Å². The predicted octanol–water partition coefficient (Wildman–Crippen LogP) is 4.07. The lowest BCUT2D eigenvalue weighted by atomic mass is 10.0. The quantitative estimate of drug-likeness (QED) is 0.884. The predicted molar refractivity (Wildman–Crippen MR) is 85.0 cm³/mol. The number of hydrogen-bond acceptors (Lipinski definition) is 2. The van der Waals surface area contributed by atoms with Crippen LogP contribution < -0.4 is 4.90 Å². The van der Waals surface area contributed by atoms with Crippen molar-refractivity contribution in [2.75, 3.05) is 11.9 Å². The number of aliphatic hydroxyl groups is 1. The average molecular weight is 269 g/mol. The van der Waals surface area contributed by atoms with Crippen LogP contribution in [0.5, 0.6) is 0 Å². The molecule has 0 amide bonds. The largest absolute Gasteiger partial charge is 0.388 e. The fraction of sp³-hybridized carbons (Fsp3) is 0.333. The lowest BCUT2D eigenvalue weighted by molar-refractivity contribution is 0.174. The van der Waals surface area contributed by atoms with Crippen molar-refractivity contribution in [1.29, 1.82) is 0 Å². The number of anilines is 1. The molecule has 0 radical (unpaired) electrons. The Bertz CT molecular complexity index is 548. The molecule has 1 atom stereocenters. The highest BCUT2D eigenvalue weighted by Gasteiger charge is 2.13. The van der Waals surface area contributed by atoms with Crippen LogP contribution in [0.4, 0.5) is 5.69 Å². The topological polar surface area (TPSA) is 23.5 Å². The van der Waals surface area contributed by atoms with E-state index in [1.54, 1.807) is 0 Å². The molecule has 20 heavy (non-hydrogen) atoms. The van der Waals surface area contributed by atoms with E-state index in [1.165, 1.54) is 11.1 Å². The van der Waals surface area contributed by atoms with E-state index in [0.29, 0.717) is 0 Å². The van der Waals surface area contributed by atoms with Gasteiger partial charge in [-0.05, 0) is 25.0 Å². The molecule has 2 aromatic rings. The summed E-state index contributed by atoms with van der Waals surface area (Å²) in [6.45, 7) is 4.94. The monoisotopic (exact) mass is 269 g/mol. The van der Waals surface area contributed by atoms with Gasteiger partial charge in [0.05, 0.1) is 6.10 Å². The fourth-order valence-corrected chi connectivity index (χ4v) is 2.39. The summed E-state index contributed by atoms with van der Waals surface area (Å²) in [6.07, 6.45) is 0.335. The maximum atomic E-state index is 10.1. The van der Waals surface area contributed by atoms with E-state index in [4.69, 9.17) is 0 Å². The molecule has 0 saturated heterocycles. The van der Waals surface area contributed by atoms with Gasteiger partial charge < -0.3 is 10.0 Å². The highest BCUT2D eigenvalue weighted by atomic mass is 16.3. The number of rotatable bonds is 5. The maximum Gasteiger partial charge on any atom is 0.0807 e. The van der Waals surface area contributed by atoms with Crippen LogP contribution in [-0.2, 0) is 6.54 Å². The Balaban J connectivity index is 2.20. The van der Waals surface area contributed by atoms with Crippen LogP contribution in [0.3, 0.4) is 0 Å². The Morgan fingerprint density at radius 3 is 2.35 bits per heavy atom. The van der Waals surface area contributed by atoms with Crippen LogP contribution in [0.1, 0.15) is 36.1 Å². The van der Waals surface area contributed by atoms with Crippen LogP contribution in [-0.4, -0.2) is 12.2 Å². The summed E-state index contributed by atoms with van der Waals surface area (Å²) in [5.74, 6) is 0. The number of aliphatic hydroxyl groups excluding tert-OH is 1. The van der Waals surface area contributed by atoms with Gasteiger partial charge in [-0.25, -0.2) is 0 Å². The number of hydrogen-bond donors (Lipinski definition) is 1. The van der Waals surface area contributed by atoms with E-state index in [9.17, 15) is 5.11 Å². The van der Waals surface area contributed by atoms with Crippen molar-refractivity contribution >= 4 is 5.69 Å². The third-order valence-electron chi connectivity index (χ3n) is 3.63. The van der Waals surface area contributed by atoms with Crippen molar-refractivity contribution in [2.45, 2.75) is 32.9 Å². The van der Waals surface area contributed by atoms with Crippen molar-refractivity contribution in [3.8, 4) is 0 Å². The molecule has 2 nitrogen and oxygen atoms in total. The average Bonchev–Trinajstić information content (AvgIpc) is 2.48. The van der Waals surface area contributed by atoms with Gasteiger partial charge in [0.2, 0.25) is 0 Å². The van der Waals surface area contributed by atoms with Crippen LogP contribution >= 0.6 is 0 Å². The van der Waals surface area contributed by atoms with Gasteiger partial charge in [0, 0.05) is 24.8 Å². The molecule has 0 bridgehead atoms. The number of para-hydroxylation sites is 1. The Morgan fingerprint density at radius 1 is 1.05 bits per heavy atom. The Kier molecular flexibility index (Phi) is 4.80. The van der Waals surface area contributed by atoms with Crippen molar-refractivity contribution < 1.29 is 5.11 Å². The summed E-state index contributed by atoms with van der Waals surface area (Å²) in [4.78, 5) is 2.19. The second-order valence-corrected chi connectivity index (χ2v) is 5.32. The minimum atomic E-state index is -0.397. The highest BCUT2D eigenvalue weighted by molar-refractivity contribution is 5.54. The summed E-state index contributed by atoms with van der Waals surface area (Å²) in [5.41, 5.74) is 4.66. The molecule has 0 fully saturated rings. The van der Waals surface area contributed by atoms with E-state index in [2.05, 4.69) is 49.2 Å². The second-order valence-electron chi connectivity index (χ2n) is 5.32. The molecular formula is C18H23NO. The molecule has 0 aliphatic heterocycles. The van der Waals surface area contributed by atoms with Crippen LogP contribution in [0.25, 0.3) is 0 Å². The van der Waals surface area contributed by atoms with Gasteiger partial charge in [-0.1, -0.05) is 55.0 Å². The molecule has 0 aliphatic rings. The van der Waals surface area contributed by atoms with E-state index in [-0.39, 0.29) is 0 Å². The molecule has 2 aromatic carbocycles. The van der Waals surface area contributed by atoms with E-state index in [0.717, 1.165) is 24.2 Å². The first-order valence-corrected chi connectivity index (χ1v) is 7.15. The smallest absolute Gasteiger partial charge is 0.0807 e. The van der Waals surface area contributed by atoms with Gasteiger partial charge in [-0.2, -0.15) is 0 Å². The molecule has 0 spiro atoms. The molecule has 106 valence electrons. The fourth-order valence-electron chi connectivity index (χ4n) is 2.39. The summed E-state index contributed by atoms with van der Waals surface area (Å²) in [7, 11) is 2.07. The number of benzene rings is 2. The summed E-state index contributed by atoms with van der Waals surface area (Å²) < 4.78 is 0. The van der Waals surface area contributed by atoms with Crippen molar-refractivity contribution in [3.05, 3.63) is 65.2 Å². The zero-order valence-corrected chi connectivity index (χ0v) is 12.5.